The number of nitrogens with zero attached hydrogens (tertiary/aromatic N) is 3. The zero-order chi connectivity index (χ0) is 20.8. The van der Waals surface area contributed by atoms with Crippen molar-refractivity contribution in [2.45, 2.75) is 6.92 Å². The summed E-state index contributed by atoms with van der Waals surface area (Å²) in [7, 11) is 1.94. The van der Waals surface area contributed by atoms with Gasteiger partial charge >= 0.3 is 0 Å². The maximum atomic E-state index is 12.5. The number of carbonyl (C=O) groups excluding carboxylic acids is 2. The van der Waals surface area contributed by atoms with Crippen molar-refractivity contribution in [2.75, 3.05) is 11.9 Å². The molecule has 3 aromatic rings. The molecule has 148 valence electrons. The Labute approximate surface area is 174 Å². The lowest BCUT2D eigenvalue weighted by Crippen LogP contribution is -2.29. The predicted molar refractivity (Wildman–Crippen MR) is 117 cm³/mol. The molecule has 7 heteroatoms. The normalized spacial score (nSPS) is 11.8. The van der Waals surface area contributed by atoms with Crippen LogP contribution in [0.3, 0.4) is 0 Å². The lowest BCUT2D eigenvalue weighted by atomic mass is 10.1. The Morgan fingerprint density at radius 1 is 1.21 bits per heavy atom. The molecular weight excluding hydrogens is 388 g/mol. The monoisotopic (exact) mass is 408 g/mol. The first-order valence-electron chi connectivity index (χ1n) is 9.05. The zero-order valence-corrected chi connectivity index (χ0v) is 16.9. The molecule has 0 aliphatic heterocycles. The van der Waals surface area contributed by atoms with Crippen molar-refractivity contribution >= 4 is 46.2 Å². The summed E-state index contributed by atoms with van der Waals surface area (Å²) in [4.78, 5) is 24.1. The first-order valence-corrected chi connectivity index (χ1v) is 9.42. The van der Waals surface area contributed by atoms with E-state index in [1.54, 1.807) is 30.3 Å². The van der Waals surface area contributed by atoms with Crippen LogP contribution in [0.2, 0.25) is 5.02 Å². The molecule has 0 aliphatic rings. The molecule has 0 radical (unpaired) electrons. The molecule has 0 unspecified atom stereocenters. The number of hydrazone groups is 1. The van der Waals surface area contributed by atoms with Crippen LogP contribution < -0.4 is 5.32 Å². The summed E-state index contributed by atoms with van der Waals surface area (Å²) in [5, 5.41) is 9.79. The van der Waals surface area contributed by atoms with Gasteiger partial charge in [-0.25, -0.2) is 5.01 Å². The number of rotatable bonds is 7. The molecule has 29 heavy (non-hydrogen) atoms. The van der Waals surface area contributed by atoms with Gasteiger partial charge in [0.05, 0.1) is 11.4 Å². The molecule has 0 saturated heterocycles. The highest BCUT2D eigenvalue weighted by molar-refractivity contribution is 6.30. The van der Waals surface area contributed by atoms with Crippen LogP contribution in [0, 0.1) is 0 Å². The second-order valence-corrected chi connectivity index (χ2v) is 6.84. The van der Waals surface area contributed by atoms with Crippen molar-refractivity contribution in [3.8, 4) is 0 Å². The fourth-order valence-corrected chi connectivity index (χ4v) is 3.07. The SMILES string of the molecule is C/C=C\C(=N/N(C=O)CC(=O)Nc1cccc2c1ccn2C)c1ccc(Cl)cc1. The van der Waals surface area contributed by atoms with Gasteiger partial charge in [-0.1, -0.05) is 35.9 Å². The van der Waals surface area contributed by atoms with Gasteiger partial charge in [0.1, 0.15) is 6.54 Å². The van der Waals surface area contributed by atoms with Crippen LogP contribution in [0.5, 0.6) is 0 Å². The number of nitrogens with one attached hydrogen (secondary N) is 1. The third-order valence-electron chi connectivity index (χ3n) is 4.33. The number of anilines is 1. The van der Waals surface area contributed by atoms with Gasteiger partial charge in [0, 0.05) is 34.7 Å². The van der Waals surface area contributed by atoms with Crippen molar-refractivity contribution in [1.82, 2.24) is 9.58 Å². The first kappa shape index (κ1) is 20.4. The highest BCUT2D eigenvalue weighted by Crippen LogP contribution is 2.23. The summed E-state index contributed by atoms with van der Waals surface area (Å²) in [5.41, 5.74) is 3.03. The molecule has 6 nitrogen and oxygen atoms in total. The van der Waals surface area contributed by atoms with Crippen LogP contribution in [0.1, 0.15) is 12.5 Å². The van der Waals surface area contributed by atoms with Gasteiger partial charge in [0.15, 0.2) is 0 Å². The number of benzene rings is 2. The number of halogens is 1. The summed E-state index contributed by atoms with van der Waals surface area (Å²) in [6, 6.07) is 14.7. The number of carbonyl (C=O) groups is 2. The summed E-state index contributed by atoms with van der Waals surface area (Å²) in [6.07, 6.45) is 6.04. The molecular formula is C22H21ClN4O2. The second kappa shape index (κ2) is 9.21. The number of aryl methyl sites for hydroxylation is 1. The Morgan fingerprint density at radius 2 is 1.97 bits per heavy atom. The fraction of sp³-hybridized carbons (Fsp3) is 0.136. The summed E-state index contributed by atoms with van der Waals surface area (Å²) in [5.74, 6) is -0.340. The maximum absolute atomic E-state index is 12.5. The van der Waals surface area contributed by atoms with Gasteiger partial charge in [-0.2, -0.15) is 5.10 Å². The summed E-state index contributed by atoms with van der Waals surface area (Å²) < 4.78 is 1.97. The van der Waals surface area contributed by atoms with E-state index in [0.29, 0.717) is 22.8 Å². The van der Waals surface area contributed by atoms with Gasteiger partial charge in [-0.3, -0.25) is 9.59 Å². The van der Waals surface area contributed by atoms with Crippen molar-refractivity contribution in [3.05, 3.63) is 77.5 Å². The number of hydrogen-bond donors (Lipinski definition) is 1. The van der Waals surface area contributed by atoms with Gasteiger partial charge in [0.25, 0.3) is 0 Å². The van der Waals surface area contributed by atoms with Crippen molar-refractivity contribution in [3.63, 3.8) is 0 Å². The topological polar surface area (TPSA) is 66.7 Å². The lowest BCUT2D eigenvalue weighted by Gasteiger charge is -2.14. The van der Waals surface area contributed by atoms with E-state index in [0.717, 1.165) is 21.5 Å². The van der Waals surface area contributed by atoms with E-state index in [4.69, 9.17) is 11.6 Å². The van der Waals surface area contributed by atoms with E-state index in [1.807, 2.05) is 55.1 Å². The summed E-state index contributed by atoms with van der Waals surface area (Å²) >= 11 is 5.94. The predicted octanol–water partition coefficient (Wildman–Crippen LogP) is 4.21. The number of amides is 2. The third kappa shape index (κ3) is 4.92. The molecule has 3 rings (SSSR count). The average Bonchev–Trinajstić information content (AvgIpc) is 3.09. The van der Waals surface area contributed by atoms with Crippen LogP contribution in [-0.2, 0) is 16.6 Å². The second-order valence-electron chi connectivity index (χ2n) is 6.41. The number of fused-ring (bicyclic) bond motifs is 1. The Morgan fingerprint density at radius 3 is 2.66 bits per heavy atom. The molecule has 0 aliphatic carbocycles. The van der Waals surface area contributed by atoms with E-state index in [2.05, 4.69) is 10.4 Å². The number of hydrogen-bond acceptors (Lipinski definition) is 3. The van der Waals surface area contributed by atoms with Gasteiger partial charge in [0.2, 0.25) is 12.3 Å². The minimum atomic E-state index is -0.340. The highest BCUT2D eigenvalue weighted by Gasteiger charge is 2.12. The molecule has 0 atom stereocenters. The quantitative estimate of drug-likeness (QED) is 0.361. The third-order valence-corrected chi connectivity index (χ3v) is 4.58. The van der Waals surface area contributed by atoms with Crippen molar-refractivity contribution in [1.29, 1.82) is 0 Å². The molecule has 2 amide bonds. The minimum Gasteiger partial charge on any atom is -0.350 e. The van der Waals surface area contributed by atoms with Crippen LogP contribution in [0.25, 0.3) is 10.9 Å². The molecule has 0 fully saturated rings. The Hall–Kier alpha value is -3.38. The Kier molecular flexibility index (Phi) is 6.46. The maximum Gasteiger partial charge on any atom is 0.246 e. The molecule has 1 heterocycles. The van der Waals surface area contributed by atoms with Crippen LogP contribution in [0.4, 0.5) is 5.69 Å². The van der Waals surface area contributed by atoms with E-state index >= 15 is 0 Å². The van der Waals surface area contributed by atoms with E-state index in [1.165, 1.54) is 0 Å². The smallest absolute Gasteiger partial charge is 0.246 e. The van der Waals surface area contributed by atoms with E-state index in [9.17, 15) is 9.59 Å². The van der Waals surface area contributed by atoms with E-state index in [-0.39, 0.29) is 12.5 Å². The Balaban J connectivity index is 1.78. The van der Waals surface area contributed by atoms with Gasteiger partial charge in [-0.05, 0) is 43.3 Å². The Bertz CT molecular complexity index is 1080. The largest absolute Gasteiger partial charge is 0.350 e. The van der Waals surface area contributed by atoms with Crippen LogP contribution >= 0.6 is 11.6 Å². The van der Waals surface area contributed by atoms with Gasteiger partial charge in [-0.15, -0.1) is 0 Å². The molecule has 1 N–H and O–H groups in total. The molecule has 0 bridgehead atoms. The van der Waals surface area contributed by atoms with Crippen molar-refractivity contribution < 1.29 is 9.59 Å². The highest BCUT2D eigenvalue weighted by atomic mass is 35.5. The van der Waals surface area contributed by atoms with Crippen molar-refractivity contribution in [2.24, 2.45) is 12.1 Å². The van der Waals surface area contributed by atoms with E-state index < -0.39 is 0 Å². The van der Waals surface area contributed by atoms with Crippen LogP contribution in [0.15, 0.2) is 72.0 Å². The minimum absolute atomic E-state index is 0.207. The molecule has 1 aromatic heterocycles. The standard InChI is InChI=1S/C22H21ClN4O2/c1-3-5-19(16-8-10-17(23)11-9-16)25-27(15-28)14-22(29)24-20-6-4-7-21-18(20)12-13-26(21)2/h3-13,15H,14H2,1-2H3,(H,24,29)/b5-3-,25-19+. The molecule has 0 saturated carbocycles. The molecule has 0 spiro atoms. The van der Waals surface area contributed by atoms with Crippen LogP contribution in [-0.4, -0.2) is 34.1 Å². The zero-order valence-electron chi connectivity index (χ0n) is 16.2. The number of aromatic nitrogens is 1. The average molecular weight is 409 g/mol. The summed E-state index contributed by atoms with van der Waals surface area (Å²) in [6.45, 7) is 1.64. The first-order chi connectivity index (χ1) is 14.0. The number of allylic oxidation sites excluding steroid dienone is 2. The fourth-order valence-electron chi connectivity index (χ4n) is 2.95. The lowest BCUT2D eigenvalue weighted by molar-refractivity contribution is -0.125. The van der Waals surface area contributed by atoms with Gasteiger partial charge < -0.3 is 9.88 Å². The molecule has 2 aromatic carbocycles.